The van der Waals surface area contributed by atoms with Gasteiger partial charge in [-0.25, -0.2) is 0 Å². The van der Waals surface area contributed by atoms with Crippen LogP contribution in [-0.4, -0.2) is 25.0 Å². The van der Waals surface area contributed by atoms with Gasteiger partial charge in [-0.1, -0.05) is 47.5 Å². The number of aromatic nitrogens is 3. The van der Waals surface area contributed by atoms with Gasteiger partial charge in [0, 0.05) is 39.3 Å². The summed E-state index contributed by atoms with van der Waals surface area (Å²) in [5.41, 5.74) is 6.27. The Balaban J connectivity index is 1.57. The Bertz CT molecular complexity index is 1990. The highest BCUT2D eigenvalue weighted by molar-refractivity contribution is 7.90. The Morgan fingerprint density at radius 3 is 2.49 bits per heavy atom. The zero-order chi connectivity index (χ0) is 28.7. The molecular formula is C33H28N4O3S. The average molecular weight is 561 g/mol. The lowest BCUT2D eigenvalue weighted by atomic mass is 10.0. The molecule has 6 rings (SSSR count). The van der Waals surface area contributed by atoms with E-state index in [1.54, 1.807) is 30.5 Å². The third kappa shape index (κ3) is 5.03. The molecule has 0 spiro atoms. The number of aromatic amines is 1. The number of nitrogens with zero attached hydrogens (tertiary/aromatic N) is 2. The molecule has 3 heterocycles. The van der Waals surface area contributed by atoms with E-state index >= 15 is 0 Å². The van der Waals surface area contributed by atoms with E-state index in [-0.39, 0.29) is 11.3 Å². The molecule has 0 bridgehead atoms. The number of para-hydroxylation sites is 1. The standard InChI is InChI=1S/C33H28N4O3S/c1-20-10-13-25(14-11-20)41(40)36-33(39)31-30(26-8-6-16-34-32(26)38)27-17-21(2)12-15-29(27)37(31)19-24-18-23-7-4-5-9-28(23)35-22(24)3/h4-18H,19H2,1-3H3,(H,34,38)(H,36,39)/t41-/m0/s1. The van der Waals surface area contributed by atoms with E-state index in [4.69, 9.17) is 4.98 Å². The number of nitrogens with one attached hydrogen (secondary N) is 2. The van der Waals surface area contributed by atoms with E-state index in [1.807, 2.05) is 79.9 Å². The largest absolute Gasteiger partial charge is 0.588 e. The van der Waals surface area contributed by atoms with Crippen molar-refractivity contribution in [2.24, 2.45) is 0 Å². The SMILES string of the molecule is Cc1ccc([S@+]([O-])NC(=O)c2c(-c3ccc[nH]c3=O)c3cc(C)ccc3n2Cc2cc3ccccc3nc2C)cc1. The highest BCUT2D eigenvalue weighted by Gasteiger charge is 2.29. The number of amides is 1. The van der Waals surface area contributed by atoms with Crippen LogP contribution >= 0.6 is 0 Å². The van der Waals surface area contributed by atoms with Gasteiger partial charge in [0.15, 0.2) is 4.90 Å². The zero-order valence-electron chi connectivity index (χ0n) is 22.9. The Labute approximate surface area is 240 Å². The first-order chi connectivity index (χ1) is 19.8. The van der Waals surface area contributed by atoms with E-state index in [1.165, 1.54) is 0 Å². The second kappa shape index (κ2) is 10.7. The van der Waals surface area contributed by atoms with Gasteiger partial charge < -0.3 is 14.1 Å². The summed E-state index contributed by atoms with van der Waals surface area (Å²) in [6.07, 6.45) is 1.56. The first-order valence-corrected chi connectivity index (χ1v) is 14.4. The third-order valence-corrected chi connectivity index (χ3v) is 8.36. The molecule has 0 aliphatic carbocycles. The van der Waals surface area contributed by atoms with Crippen LogP contribution in [0.5, 0.6) is 0 Å². The minimum absolute atomic E-state index is 0.260. The van der Waals surface area contributed by atoms with E-state index < -0.39 is 17.3 Å². The monoisotopic (exact) mass is 560 g/mol. The predicted octanol–water partition coefficient (Wildman–Crippen LogP) is 5.97. The van der Waals surface area contributed by atoms with Gasteiger partial charge in [-0.2, -0.15) is 4.72 Å². The minimum atomic E-state index is -1.81. The number of hydrogen-bond acceptors (Lipinski definition) is 4. The Kier molecular flexibility index (Phi) is 6.95. The minimum Gasteiger partial charge on any atom is -0.588 e. The normalized spacial score (nSPS) is 12.1. The molecule has 6 aromatic rings. The van der Waals surface area contributed by atoms with Crippen LogP contribution in [0.3, 0.4) is 0 Å². The van der Waals surface area contributed by atoms with Crippen molar-refractivity contribution in [2.75, 3.05) is 0 Å². The smallest absolute Gasteiger partial charge is 0.309 e. The number of rotatable bonds is 6. The van der Waals surface area contributed by atoms with Crippen LogP contribution in [-0.2, 0) is 17.9 Å². The van der Waals surface area contributed by atoms with Crippen LogP contribution in [0.25, 0.3) is 32.9 Å². The van der Waals surface area contributed by atoms with Crippen molar-refractivity contribution in [1.29, 1.82) is 0 Å². The molecule has 1 atom stereocenters. The topological polar surface area (TPSA) is 103 Å². The van der Waals surface area contributed by atoms with E-state index in [2.05, 4.69) is 15.8 Å². The number of carbonyl (C=O) groups is 1. The molecular weight excluding hydrogens is 532 g/mol. The number of H-pyrrole nitrogens is 1. The van der Waals surface area contributed by atoms with Crippen LogP contribution in [0.1, 0.15) is 32.9 Å². The molecule has 2 N–H and O–H groups in total. The quantitative estimate of drug-likeness (QED) is 0.245. The van der Waals surface area contributed by atoms with Crippen molar-refractivity contribution in [2.45, 2.75) is 32.2 Å². The fourth-order valence-electron chi connectivity index (χ4n) is 5.20. The molecule has 0 fully saturated rings. The van der Waals surface area contributed by atoms with Gasteiger partial charge in [0.1, 0.15) is 17.1 Å². The highest BCUT2D eigenvalue weighted by atomic mass is 32.2. The molecule has 41 heavy (non-hydrogen) atoms. The zero-order valence-corrected chi connectivity index (χ0v) is 23.7. The summed E-state index contributed by atoms with van der Waals surface area (Å²) in [5, 5.41) is 1.76. The van der Waals surface area contributed by atoms with Crippen molar-refractivity contribution >= 4 is 39.1 Å². The molecule has 204 valence electrons. The summed E-state index contributed by atoms with van der Waals surface area (Å²) in [5.74, 6) is -0.539. The molecule has 3 aromatic heterocycles. The Morgan fingerprint density at radius 2 is 1.71 bits per heavy atom. The van der Waals surface area contributed by atoms with E-state index in [0.29, 0.717) is 22.6 Å². The fourth-order valence-corrected chi connectivity index (χ4v) is 5.97. The Morgan fingerprint density at radius 1 is 0.951 bits per heavy atom. The van der Waals surface area contributed by atoms with Crippen LogP contribution in [0.15, 0.2) is 101 Å². The molecule has 7 nitrogen and oxygen atoms in total. The van der Waals surface area contributed by atoms with Crippen LogP contribution in [0, 0.1) is 20.8 Å². The van der Waals surface area contributed by atoms with Gasteiger partial charge in [0.25, 0.3) is 5.56 Å². The summed E-state index contributed by atoms with van der Waals surface area (Å²) in [6.45, 7) is 6.19. The van der Waals surface area contributed by atoms with Crippen LogP contribution < -0.4 is 10.3 Å². The van der Waals surface area contributed by atoms with Gasteiger partial charge in [-0.05, 0) is 74.9 Å². The van der Waals surface area contributed by atoms with Crippen molar-refractivity contribution in [3.8, 4) is 11.1 Å². The molecule has 8 heteroatoms. The first kappa shape index (κ1) is 26.6. The average Bonchev–Trinajstić information content (AvgIpc) is 3.26. The van der Waals surface area contributed by atoms with Crippen molar-refractivity contribution in [3.05, 3.63) is 130 Å². The van der Waals surface area contributed by atoms with Crippen LogP contribution in [0.2, 0.25) is 0 Å². The van der Waals surface area contributed by atoms with Crippen molar-refractivity contribution in [3.63, 3.8) is 0 Å². The first-order valence-electron chi connectivity index (χ1n) is 13.3. The summed E-state index contributed by atoms with van der Waals surface area (Å²) in [6, 6.07) is 26.5. The molecule has 0 radical (unpaired) electrons. The fraction of sp³-hybridized carbons (Fsp3) is 0.121. The number of aryl methyl sites for hydroxylation is 3. The maximum atomic E-state index is 14.1. The number of pyridine rings is 2. The van der Waals surface area contributed by atoms with Crippen LogP contribution in [0.4, 0.5) is 0 Å². The second-order valence-corrected chi connectivity index (χ2v) is 11.4. The van der Waals surface area contributed by atoms with Crippen molar-refractivity contribution in [1.82, 2.24) is 19.3 Å². The molecule has 0 unspecified atom stereocenters. The van der Waals surface area contributed by atoms with Gasteiger partial charge in [-0.3, -0.25) is 14.6 Å². The van der Waals surface area contributed by atoms with Gasteiger partial charge in [0.2, 0.25) is 0 Å². The molecule has 1 amide bonds. The maximum absolute atomic E-state index is 14.1. The highest BCUT2D eigenvalue weighted by Crippen LogP contribution is 2.35. The summed E-state index contributed by atoms with van der Waals surface area (Å²) in [4.78, 5) is 35.2. The van der Waals surface area contributed by atoms with Gasteiger partial charge >= 0.3 is 5.91 Å². The summed E-state index contributed by atoms with van der Waals surface area (Å²) >= 11 is -1.81. The summed E-state index contributed by atoms with van der Waals surface area (Å²) < 4.78 is 17.9. The number of fused-ring (bicyclic) bond motifs is 2. The lowest BCUT2D eigenvalue weighted by Crippen LogP contribution is -2.33. The van der Waals surface area contributed by atoms with Gasteiger partial charge in [-0.15, -0.1) is 0 Å². The molecule has 0 saturated heterocycles. The lowest BCUT2D eigenvalue weighted by molar-refractivity contribution is 0.0973. The number of carbonyl (C=O) groups excluding carboxylic acids is 1. The number of benzene rings is 3. The predicted molar refractivity (Wildman–Crippen MR) is 163 cm³/mol. The molecule has 3 aromatic carbocycles. The van der Waals surface area contributed by atoms with E-state index in [0.717, 1.165) is 44.2 Å². The van der Waals surface area contributed by atoms with Crippen molar-refractivity contribution < 1.29 is 9.35 Å². The Hall–Kier alpha value is -4.66. The second-order valence-electron chi connectivity index (χ2n) is 10.2. The van der Waals surface area contributed by atoms with Gasteiger partial charge in [0.05, 0.1) is 12.1 Å². The lowest BCUT2D eigenvalue weighted by Gasteiger charge is -2.16. The number of hydrogen-bond donors (Lipinski definition) is 2. The van der Waals surface area contributed by atoms with E-state index in [9.17, 15) is 14.1 Å². The molecule has 0 aliphatic rings. The molecule has 0 aliphatic heterocycles. The molecule has 0 saturated carbocycles. The summed E-state index contributed by atoms with van der Waals surface area (Å²) in [7, 11) is 0. The third-order valence-electron chi connectivity index (χ3n) is 7.29. The maximum Gasteiger partial charge on any atom is 0.309 e.